The molecule has 0 fully saturated rings. The zero-order valence-electron chi connectivity index (χ0n) is 13.6. The summed E-state index contributed by atoms with van der Waals surface area (Å²) in [6, 6.07) is 7.11. The van der Waals surface area contributed by atoms with Gasteiger partial charge in [0.2, 0.25) is 10.0 Å². The lowest BCUT2D eigenvalue weighted by Crippen LogP contribution is -2.29. The van der Waals surface area contributed by atoms with Crippen molar-refractivity contribution in [3.63, 3.8) is 0 Å². The molecule has 0 aliphatic rings. The van der Waals surface area contributed by atoms with E-state index in [4.69, 9.17) is 0 Å². The van der Waals surface area contributed by atoms with E-state index in [2.05, 4.69) is 9.71 Å². The summed E-state index contributed by atoms with van der Waals surface area (Å²) in [6.45, 7) is 9.36. The standard InChI is InChI=1S/C17H22N2O2S/c1-11-10-12(2)14(4)17(13(11)3)22(20,21)19-15(5)16-8-6-7-9-18-16/h6-10,15,19H,1-5H3. The van der Waals surface area contributed by atoms with Crippen LogP contribution in [0.5, 0.6) is 0 Å². The van der Waals surface area contributed by atoms with Crippen molar-refractivity contribution in [1.82, 2.24) is 9.71 Å². The van der Waals surface area contributed by atoms with Gasteiger partial charge in [-0.25, -0.2) is 13.1 Å². The molecule has 0 bridgehead atoms. The summed E-state index contributed by atoms with van der Waals surface area (Å²) < 4.78 is 28.4. The Labute approximate surface area is 132 Å². The molecule has 2 aromatic rings. The zero-order chi connectivity index (χ0) is 16.5. The van der Waals surface area contributed by atoms with Gasteiger partial charge in [0.05, 0.1) is 16.6 Å². The lowest BCUT2D eigenvalue weighted by molar-refractivity contribution is 0.562. The Kier molecular flexibility index (Phi) is 4.68. The van der Waals surface area contributed by atoms with E-state index in [9.17, 15) is 8.42 Å². The van der Waals surface area contributed by atoms with Crippen LogP contribution in [0.1, 0.15) is 40.9 Å². The minimum atomic E-state index is -3.60. The predicted octanol–water partition coefficient (Wildman–Crippen LogP) is 3.35. The van der Waals surface area contributed by atoms with Crippen LogP contribution < -0.4 is 4.72 Å². The predicted molar refractivity (Wildman–Crippen MR) is 88.4 cm³/mol. The minimum Gasteiger partial charge on any atom is -0.260 e. The van der Waals surface area contributed by atoms with Crippen LogP contribution in [0, 0.1) is 27.7 Å². The van der Waals surface area contributed by atoms with Gasteiger partial charge in [-0.1, -0.05) is 12.1 Å². The number of benzene rings is 1. The summed E-state index contributed by atoms with van der Waals surface area (Å²) in [5, 5.41) is 0. The molecule has 0 aliphatic heterocycles. The number of nitrogens with zero attached hydrogens (tertiary/aromatic N) is 1. The molecule has 0 aliphatic carbocycles. The fourth-order valence-corrected chi connectivity index (χ4v) is 4.40. The molecule has 1 N–H and O–H groups in total. The van der Waals surface area contributed by atoms with E-state index >= 15 is 0 Å². The van der Waals surface area contributed by atoms with E-state index in [0.29, 0.717) is 10.6 Å². The average molecular weight is 318 g/mol. The van der Waals surface area contributed by atoms with Gasteiger partial charge < -0.3 is 0 Å². The molecule has 0 spiro atoms. The van der Waals surface area contributed by atoms with Gasteiger partial charge in [0.1, 0.15) is 0 Å². The first-order valence-corrected chi connectivity index (χ1v) is 8.73. The molecule has 2 rings (SSSR count). The molecule has 118 valence electrons. The Morgan fingerprint density at radius 1 is 1.05 bits per heavy atom. The summed E-state index contributed by atoms with van der Waals surface area (Å²) in [5.41, 5.74) is 4.25. The third kappa shape index (κ3) is 3.20. The zero-order valence-corrected chi connectivity index (χ0v) is 14.5. The van der Waals surface area contributed by atoms with Gasteiger partial charge in [-0.3, -0.25) is 4.98 Å². The van der Waals surface area contributed by atoms with Gasteiger partial charge in [-0.05, 0) is 69.0 Å². The van der Waals surface area contributed by atoms with Crippen LogP contribution in [-0.2, 0) is 10.0 Å². The summed E-state index contributed by atoms with van der Waals surface area (Å²) in [6.07, 6.45) is 1.66. The Morgan fingerprint density at radius 3 is 2.14 bits per heavy atom. The number of pyridine rings is 1. The van der Waals surface area contributed by atoms with Crippen molar-refractivity contribution in [3.05, 3.63) is 58.4 Å². The number of aromatic nitrogens is 1. The molecule has 0 saturated carbocycles. The molecule has 0 radical (unpaired) electrons. The van der Waals surface area contributed by atoms with Crippen molar-refractivity contribution >= 4 is 10.0 Å². The third-order valence-corrected chi connectivity index (χ3v) is 5.84. The highest BCUT2D eigenvalue weighted by molar-refractivity contribution is 7.89. The normalized spacial score (nSPS) is 13.1. The quantitative estimate of drug-likeness (QED) is 0.940. The number of hydrogen-bond acceptors (Lipinski definition) is 3. The van der Waals surface area contributed by atoms with E-state index in [-0.39, 0.29) is 6.04 Å². The highest BCUT2D eigenvalue weighted by Gasteiger charge is 2.24. The molecule has 1 aromatic heterocycles. The van der Waals surface area contributed by atoms with E-state index in [1.54, 1.807) is 13.1 Å². The minimum absolute atomic E-state index is 0.382. The van der Waals surface area contributed by atoms with Gasteiger partial charge in [-0.15, -0.1) is 0 Å². The first kappa shape index (κ1) is 16.6. The molecule has 5 heteroatoms. The Bertz CT molecular complexity index is 758. The van der Waals surface area contributed by atoms with Gasteiger partial charge >= 0.3 is 0 Å². The van der Waals surface area contributed by atoms with E-state index < -0.39 is 10.0 Å². The SMILES string of the molecule is Cc1cc(C)c(C)c(S(=O)(=O)NC(C)c2ccccn2)c1C. The number of rotatable bonds is 4. The van der Waals surface area contributed by atoms with Crippen LogP contribution in [-0.4, -0.2) is 13.4 Å². The number of aryl methyl sites for hydroxylation is 2. The first-order chi connectivity index (χ1) is 10.2. The molecule has 1 aromatic carbocycles. The van der Waals surface area contributed by atoms with Gasteiger partial charge in [0.25, 0.3) is 0 Å². The molecule has 1 atom stereocenters. The third-order valence-electron chi connectivity index (χ3n) is 4.03. The smallest absolute Gasteiger partial charge is 0.241 e. The van der Waals surface area contributed by atoms with Gasteiger partial charge in [0, 0.05) is 6.20 Å². The van der Waals surface area contributed by atoms with E-state index in [0.717, 1.165) is 22.3 Å². The Balaban J connectivity index is 2.44. The van der Waals surface area contributed by atoms with Crippen molar-refractivity contribution in [3.8, 4) is 0 Å². The largest absolute Gasteiger partial charge is 0.260 e. The maximum atomic E-state index is 12.8. The highest BCUT2D eigenvalue weighted by Crippen LogP contribution is 2.27. The van der Waals surface area contributed by atoms with Gasteiger partial charge in [-0.2, -0.15) is 0 Å². The van der Waals surface area contributed by atoms with E-state index in [1.807, 2.05) is 52.0 Å². The fourth-order valence-electron chi connectivity index (χ4n) is 2.57. The molecule has 0 saturated heterocycles. The maximum Gasteiger partial charge on any atom is 0.241 e. The van der Waals surface area contributed by atoms with Crippen molar-refractivity contribution in [2.24, 2.45) is 0 Å². The first-order valence-electron chi connectivity index (χ1n) is 7.24. The van der Waals surface area contributed by atoms with Crippen LogP contribution in [0.3, 0.4) is 0 Å². The number of sulfonamides is 1. The Hall–Kier alpha value is -1.72. The summed E-state index contributed by atoms with van der Waals surface area (Å²) in [5.74, 6) is 0. The van der Waals surface area contributed by atoms with E-state index in [1.165, 1.54) is 0 Å². The molecular weight excluding hydrogens is 296 g/mol. The van der Waals surface area contributed by atoms with Crippen molar-refractivity contribution in [2.75, 3.05) is 0 Å². The molecule has 1 unspecified atom stereocenters. The second-order valence-corrected chi connectivity index (χ2v) is 7.34. The van der Waals surface area contributed by atoms with Crippen LogP contribution in [0.2, 0.25) is 0 Å². The van der Waals surface area contributed by atoms with Crippen LogP contribution >= 0.6 is 0 Å². The average Bonchev–Trinajstić information content (AvgIpc) is 2.45. The molecule has 0 amide bonds. The second kappa shape index (κ2) is 6.18. The van der Waals surface area contributed by atoms with Crippen molar-refractivity contribution < 1.29 is 8.42 Å². The summed E-state index contributed by atoms with van der Waals surface area (Å²) in [4.78, 5) is 4.59. The molecule has 22 heavy (non-hydrogen) atoms. The summed E-state index contributed by atoms with van der Waals surface area (Å²) >= 11 is 0. The van der Waals surface area contributed by atoms with Crippen LogP contribution in [0.15, 0.2) is 35.4 Å². The maximum absolute atomic E-state index is 12.8. The topological polar surface area (TPSA) is 59.1 Å². The lowest BCUT2D eigenvalue weighted by Gasteiger charge is -2.19. The molecular formula is C17H22N2O2S. The van der Waals surface area contributed by atoms with Crippen molar-refractivity contribution in [1.29, 1.82) is 0 Å². The molecule has 4 nitrogen and oxygen atoms in total. The van der Waals surface area contributed by atoms with Crippen molar-refractivity contribution in [2.45, 2.75) is 45.6 Å². The lowest BCUT2D eigenvalue weighted by atomic mass is 10.0. The summed E-state index contributed by atoms with van der Waals surface area (Å²) in [7, 11) is -3.60. The number of hydrogen-bond donors (Lipinski definition) is 1. The van der Waals surface area contributed by atoms with Gasteiger partial charge in [0.15, 0.2) is 0 Å². The highest BCUT2D eigenvalue weighted by atomic mass is 32.2. The monoisotopic (exact) mass is 318 g/mol. The second-order valence-electron chi connectivity index (χ2n) is 5.69. The van der Waals surface area contributed by atoms with Crippen LogP contribution in [0.25, 0.3) is 0 Å². The van der Waals surface area contributed by atoms with Crippen LogP contribution in [0.4, 0.5) is 0 Å². The molecule has 1 heterocycles. The number of nitrogens with one attached hydrogen (secondary N) is 1. The Morgan fingerprint density at radius 2 is 1.64 bits per heavy atom. The fraction of sp³-hybridized carbons (Fsp3) is 0.353.